The van der Waals surface area contributed by atoms with E-state index in [2.05, 4.69) is 32.3 Å². The summed E-state index contributed by atoms with van der Waals surface area (Å²) in [7, 11) is 0. The van der Waals surface area contributed by atoms with Crippen LogP contribution in [0.4, 0.5) is 5.82 Å². The Bertz CT molecular complexity index is 367. The van der Waals surface area contributed by atoms with Gasteiger partial charge in [-0.05, 0) is 59.8 Å². The van der Waals surface area contributed by atoms with E-state index in [0.29, 0.717) is 12.0 Å². The van der Waals surface area contributed by atoms with E-state index in [-0.39, 0.29) is 0 Å². The molecule has 0 spiro atoms. The van der Waals surface area contributed by atoms with Gasteiger partial charge in [0, 0.05) is 12.2 Å². The summed E-state index contributed by atoms with van der Waals surface area (Å²) in [6.45, 7) is 2.81. The molecule has 0 aromatic carbocycles. The number of pyridine rings is 1. The number of hydrogen-bond donors (Lipinski definition) is 2. The average molecular weight is 284 g/mol. The molecule has 1 fully saturated rings. The molecule has 0 bridgehead atoms. The summed E-state index contributed by atoms with van der Waals surface area (Å²) in [4.78, 5) is 4.41. The molecule has 1 aromatic rings. The van der Waals surface area contributed by atoms with Crippen LogP contribution < -0.4 is 11.1 Å². The normalized spacial score (nSPS) is 24.7. The largest absolute Gasteiger partial charge is 0.366 e. The molecule has 2 unspecified atom stereocenters. The van der Waals surface area contributed by atoms with Crippen molar-refractivity contribution in [2.24, 2.45) is 11.7 Å². The minimum absolute atomic E-state index is 0.483. The molecule has 3 N–H and O–H groups in total. The lowest BCUT2D eigenvalue weighted by atomic mass is 10.0. The van der Waals surface area contributed by atoms with Crippen LogP contribution in [0.3, 0.4) is 0 Å². The minimum Gasteiger partial charge on any atom is -0.366 e. The molecule has 1 heterocycles. The van der Waals surface area contributed by atoms with Crippen LogP contribution in [0.5, 0.6) is 0 Å². The second-order valence-electron chi connectivity index (χ2n) is 4.52. The van der Waals surface area contributed by atoms with Crippen LogP contribution >= 0.6 is 15.9 Å². The fourth-order valence-electron chi connectivity index (χ4n) is 2.32. The number of nitrogens with zero attached hydrogens (tertiary/aromatic N) is 1. The molecule has 1 saturated carbocycles. The molecule has 1 aliphatic carbocycles. The first kappa shape index (κ1) is 11.9. The fraction of sp³-hybridized carbons (Fsp3) is 0.583. The van der Waals surface area contributed by atoms with Gasteiger partial charge >= 0.3 is 0 Å². The van der Waals surface area contributed by atoms with Crippen molar-refractivity contribution < 1.29 is 0 Å². The predicted octanol–water partition coefficient (Wildman–Crippen LogP) is 2.69. The summed E-state index contributed by atoms with van der Waals surface area (Å²) in [5.74, 6) is 1.53. The van der Waals surface area contributed by atoms with Crippen molar-refractivity contribution >= 4 is 21.7 Å². The molecule has 0 radical (unpaired) electrons. The van der Waals surface area contributed by atoms with E-state index in [4.69, 9.17) is 5.73 Å². The van der Waals surface area contributed by atoms with Gasteiger partial charge in [0.25, 0.3) is 0 Å². The van der Waals surface area contributed by atoms with Crippen molar-refractivity contribution in [3.8, 4) is 0 Å². The summed E-state index contributed by atoms with van der Waals surface area (Å²) < 4.78 is 1.04. The molecule has 1 aliphatic rings. The lowest BCUT2D eigenvalue weighted by Crippen LogP contribution is -2.29. The van der Waals surface area contributed by atoms with Crippen molar-refractivity contribution in [3.63, 3.8) is 0 Å². The monoisotopic (exact) mass is 283 g/mol. The maximum absolute atomic E-state index is 5.77. The zero-order valence-electron chi connectivity index (χ0n) is 9.54. The van der Waals surface area contributed by atoms with E-state index >= 15 is 0 Å². The number of rotatable bonds is 3. The van der Waals surface area contributed by atoms with Gasteiger partial charge in [-0.25, -0.2) is 4.98 Å². The number of hydrogen-bond acceptors (Lipinski definition) is 3. The Balaban J connectivity index is 2.08. The standard InChI is InChI=1S/C12H18BrN3/c1-8-5-10(13)12(15-7-8)16-11-4-2-3-9(11)6-14/h5,7,9,11H,2-4,6,14H2,1H3,(H,15,16). The van der Waals surface area contributed by atoms with Crippen LogP contribution in [0.1, 0.15) is 24.8 Å². The van der Waals surface area contributed by atoms with E-state index in [9.17, 15) is 0 Å². The number of anilines is 1. The lowest BCUT2D eigenvalue weighted by molar-refractivity contribution is 0.515. The van der Waals surface area contributed by atoms with Crippen LogP contribution in [-0.4, -0.2) is 17.6 Å². The fourth-order valence-corrected chi connectivity index (χ4v) is 2.90. The van der Waals surface area contributed by atoms with Crippen molar-refractivity contribution in [1.29, 1.82) is 0 Å². The van der Waals surface area contributed by atoms with Crippen molar-refractivity contribution in [3.05, 3.63) is 22.3 Å². The Morgan fingerprint density at radius 3 is 3.06 bits per heavy atom. The van der Waals surface area contributed by atoms with Gasteiger partial charge < -0.3 is 11.1 Å². The number of aryl methyl sites for hydroxylation is 1. The van der Waals surface area contributed by atoms with Gasteiger partial charge in [0.1, 0.15) is 5.82 Å². The van der Waals surface area contributed by atoms with Crippen LogP contribution in [-0.2, 0) is 0 Å². The molecule has 2 atom stereocenters. The smallest absolute Gasteiger partial charge is 0.140 e. The molecule has 0 amide bonds. The van der Waals surface area contributed by atoms with E-state index in [1.165, 1.54) is 24.8 Å². The van der Waals surface area contributed by atoms with Crippen LogP contribution in [0, 0.1) is 12.8 Å². The summed E-state index contributed by atoms with van der Waals surface area (Å²) in [6.07, 6.45) is 5.59. The van der Waals surface area contributed by atoms with Gasteiger partial charge in [0.15, 0.2) is 0 Å². The number of aromatic nitrogens is 1. The number of nitrogens with one attached hydrogen (secondary N) is 1. The highest BCUT2D eigenvalue weighted by Crippen LogP contribution is 2.29. The average Bonchev–Trinajstić information content (AvgIpc) is 2.69. The molecule has 1 aromatic heterocycles. The first-order valence-electron chi connectivity index (χ1n) is 5.79. The molecule has 16 heavy (non-hydrogen) atoms. The molecule has 0 aliphatic heterocycles. The highest BCUT2D eigenvalue weighted by atomic mass is 79.9. The Kier molecular flexibility index (Phi) is 3.82. The summed E-state index contributed by atoms with van der Waals surface area (Å²) >= 11 is 3.54. The summed E-state index contributed by atoms with van der Waals surface area (Å²) in [5, 5.41) is 3.50. The first-order chi connectivity index (χ1) is 7.70. The van der Waals surface area contributed by atoms with E-state index < -0.39 is 0 Å². The third kappa shape index (κ3) is 2.55. The molecule has 3 nitrogen and oxygen atoms in total. The van der Waals surface area contributed by atoms with Crippen LogP contribution in [0.15, 0.2) is 16.7 Å². The Labute approximate surface area is 105 Å². The van der Waals surface area contributed by atoms with Crippen molar-refractivity contribution in [2.45, 2.75) is 32.2 Å². The summed E-state index contributed by atoms with van der Waals surface area (Å²) in [6, 6.07) is 2.57. The van der Waals surface area contributed by atoms with E-state index in [0.717, 1.165) is 16.8 Å². The quantitative estimate of drug-likeness (QED) is 0.897. The maximum atomic E-state index is 5.77. The predicted molar refractivity (Wildman–Crippen MR) is 70.5 cm³/mol. The molecule has 4 heteroatoms. The number of halogens is 1. The van der Waals surface area contributed by atoms with Gasteiger partial charge in [-0.15, -0.1) is 0 Å². The van der Waals surface area contributed by atoms with Crippen molar-refractivity contribution in [1.82, 2.24) is 4.98 Å². The first-order valence-corrected chi connectivity index (χ1v) is 6.58. The van der Waals surface area contributed by atoms with Gasteiger partial charge in [0.2, 0.25) is 0 Å². The minimum atomic E-state index is 0.483. The highest BCUT2D eigenvalue weighted by molar-refractivity contribution is 9.10. The van der Waals surface area contributed by atoms with Crippen LogP contribution in [0.25, 0.3) is 0 Å². The van der Waals surface area contributed by atoms with Crippen molar-refractivity contribution in [2.75, 3.05) is 11.9 Å². The zero-order valence-corrected chi connectivity index (χ0v) is 11.1. The zero-order chi connectivity index (χ0) is 11.5. The molecule has 2 rings (SSSR count). The Morgan fingerprint density at radius 1 is 1.56 bits per heavy atom. The van der Waals surface area contributed by atoms with Gasteiger partial charge in [-0.1, -0.05) is 6.42 Å². The Morgan fingerprint density at radius 2 is 2.38 bits per heavy atom. The topological polar surface area (TPSA) is 50.9 Å². The second-order valence-corrected chi connectivity index (χ2v) is 5.37. The van der Waals surface area contributed by atoms with Gasteiger partial charge in [-0.3, -0.25) is 0 Å². The Hall–Kier alpha value is -0.610. The van der Waals surface area contributed by atoms with Gasteiger partial charge in [0.05, 0.1) is 4.47 Å². The summed E-state index contributed by atoms with van der Waals surface area (Å²) in [5.41, 5.74) is 6.93. The molecular weight excluding hydrogens is 266 g/mol. The number of nitrogens with two attached hydrogens (primary N) is 1. The van der Waals surface area contributed by atoms with Gasteiger partial charge in [-0.2, -0.15) is 0 Å². The van der Waals surface area contributed by atoms with E-state index in [1.807, 2.05) is 13.1 Å². The molecule has 88 valence electrons. The van der Waals surface area contributed by atoms with Crippen LogP contribution in [0.2, 0.25) is 0 Å². The molecular formula is C12H18BrN3. The molecule has 0 saturated heterocycles. The third-order valence-electron chi connectivity index (χ3n) is 3.26. The SMILES string of the molecule is Cc1cnc(NC2CCCC2CN)c(Br)c1. The second kappa shape index (κ2) is 5.15. The lowest BCUT2D eigenvalue weighted by Gasteiger charge is -2.20. The van der Waals surface area contributed by atoms with E-state index in [1.54, 1.807) is 0 Å². The highest BCUT2D eigenvalue weighted by Gasteiger charge is 2.26. The maximum Gasteiger partial charge on any atom is 0.140 e. The third-order valence-corrected chi connectivity index (χ3v) is 3.87.